The van der Waals surface area contributed by atoms with Crippen LogP contribution >= 0.6 is 0 Å². The monoisotopic (exact) mass is 364 g/mol. The average molecular weight is 365 g/mol. The molecule has 26 heavy (non-hydrogen) atoms. The van der Waals surface area contributed by atoms with E-state index in [4.69, 9.17) is 10.8 Å². The van der Waals surface area contributed by atoms with Gasteiger partial charge in [0.05, 0.1) is 0 Å². The van der Waals surface area contributed by atoms with Crippen molar-refractivity contribution in [2.24, 2.45) is 0 Å². The van der Waals surface area contributed by atoms with Crippen molar-refractivity contribution in [2.75, 3.05) is 0 Å². The van der Waals surface area contributed by atoms with Crippen molar-refractivity contribution in [3.63, 3.8) is 0 Å². The summed E-state index contributed by atoms with van der Waals surface area (Å²) in [6, 6.07) is 21.4. The van der Waals surface area contributed by atoms with Crippen LogP contribution in [0.25, 0.3) is 0 Å². The molecule has 0 N–H and O–H groups in total. The summed E-state index contributed by atoms with van der Waals surface area (Å²) in [7, 11) is -2.54. The van der Waals surface area contributed by atoms with Crippen LogP contribution in [0, 0.1) is 12.3 Å². The van der Waals surface area contributed by atoms with Crippen LogP contribution in [0.5, 0.6) is 0 Å². The van der Waals surface area contributed by atoms with Gasteiger partial charge in [-0.05, 0) is 28.3 Å². The van der Waals surface area contributed by atoms with Crippen molar-refractivity contribution in [1.82, 2.24) is 0 Å². The topological polar surface area (TPSA) is 9.23 Å². The van der Waals surface area contributed by atoms with Gasteiger partial charge in [-0.3, -0.25) is 0 Å². The largest absolute Gasteiger partial charge is 0.394 e. The second-order valence-electron chi connectivity index (χ2n) is 7.93. The van der Waals surface area contributed by atoms with Gasteiger partial charge in [-0.15, -0.1) is 6.42 Å². The number of terminal acetylenes is 1. The van der Waals surface area contributed by atoms with Crippen molar-refractivity contribution < 1.29 is 4.43 Å². The number of hydrogen-bond donors (Lipinski definition) is 0. The molecule has 0 heterocycles. The summed E-state index contributed by atoms with van der Waals surface area (Å²) < 4.78 is 6.97. The second kappa shape index (κ2) is 9.21. The third-order valence-corrected chi connectivity index (χ3v) is 10.0. The molecule has 0 fully saturated rings. The maximum absolute atomic E-state index is 6.97. The first-order valence-corrected chi connectivity index (χ1v) is 11.6. The fraction of sp³-hybridized carbons (Fsp3) is 0.417. The molecule has 138 valence electrons. The molecule has 0 amide bonds. The van der Waals surface area contributed by atoms with Crippen LogP contribution in [0.3, 0.4) is 0 Å². The van der Waals surface area contributed by atoms with Crippen molar-refractivity contribution >= 4 is 18.7 Å². The highest BCUT2D eigenvalue weighted by Crippen LogP contribution is 2.37. The molecule has 2 aromatic rings. The molecule has 1 unspecified atom stereocenters. The Labute approximate surface area is 160 Å². The summed E-state index contributed by atoms with van der Waals surface area (Å²) in [6.07, 6.45) is 10.2. The number of hydrogen-bond acceptors (Lipinski definition) is 1. The van der Waals surface area contributed by atoms with E-state index in [0.717, 1.165) is 12.8 Å². The Balaban J connectivity index is 2.55. The Kier molecular flexibility index (Phi) is 7.26. The molecule has 0 aliphatic heterocycles. The molecule has 0 aliphatic rings. The van der Waals surface area contributed by atoms with E-state index < -0.39 is 8.32 Å². The van der Waals surface area contributed by atoms with Gasteiger partial charge in [0.15, 0.2) is 0 Å². The van der Waals surface area contributed by atoms with Crippen molar-refractivity contribution in [2.45, 2.75) is 64.5 Å². The first-order valence-electron chi connectivity index (χ1n) is 9.70. The Morgan fingerprint density at radius 1 is 0.923 bits per heavy atom. The van der Waals surface area contributed by atoms with E-state index in [2.05, 4.69) is 94.3 Å². The smallest absolute Gasteiger partial charge is 0.262 e. The highest BCUT2D eigenvalue weighted by atomic mass is 28.4. The Hall–Kier alpha value is -1.82. The van der Waals surface area contributed by atoms with Crippen molar-refractivity contribution in [1.29, 1.82) is 0 Å². The van der Waals surface area contributed by atoms with Gasteiger partial charge in [-0.1, -0.05) is 107 Å². The lowest BCUT2D eigenvalue weighted by Crippen LogP contribution is -2.67. The Bertz CT molecular complexity index is 655. The van der Waals surface area contributed by atoms with Crippen LogP contribution in [0.2, 0.25) is 5.04 Å². The molecule has 1 nitrogen and oxygen atoms in total. The van der Waals surface area contributed by atoms with Crippen LogP contribution in [0.1, 0.15) is 53.4 Å². The SMILES string of the molecule is C#CC(CCCCC)O[Si](c1ccccc1)(c1ccccc1)C(C)(C)C. The van der Waals surface area contributed by atoms with E-state index in [9.17, 15) is 0 Å². The normalized spacial score (nSPS) is 13.2. The van der Waals surface area contributed by atoms with E-state index in [0.29, 0.717) is 0 Å². The lowest BCUT2D eigenvalue weighted by Gasteiger charge is -2.44. The number of rotatable bonds is 8. The molecule has 0 spiro atoms. The molecule has 2 rings (SSSR count). The fourth-order valence-electron chi connectivity index (χ4n) is 3.66. The molecule has 0 aliphatic carbocycles. The molecule has 2 heteroatoms. The predicted octanol–water partition coefficient (Wildman–Crippen LogP) is 5.15. The van der Waals surface area contributed by atoms with Crippen LogP contribution in [0.4, 0.5) is 0 Å². The minimum atomic E-state index is -2.54. The third kappa shape index (κ3) is 4.47. The second-order valence-corrected chi connectivity index (χ2v) is 12.2. The highest BCUT2D eigenvalue weighted by Gasteiger charge is 2.51. The molecule has 0 saturated carbocycles. The molecule has 0 saturated heterocycles. The summed E-state index contributed by atoms with van der Waals surface area (Å²) in [5, 5.41) is 2.54. The first-order chi connectivity index (χ1) is 12.5. The standard InChI is InChI=1S/C24H32OSi/c1-6-8-11-16-21(7-2)25-26(24(3,4)5,22-17-12-9-13-18-22)23-19-14-10-15-20-23/h2,9-10,12-15,17-21H,6,8,11,16H2,1,3-5H3. The van der Waals surface area contributed by atoms with Gasteiger partial charge >= 0.3 is 0 Å². The van der Waals surface area contributed by atoms with Gasteiger partial charge in [-0.2, -0.15) is 0 Å². The quantitative estimate of drug-likeness (QED) is 0.358. The van der Waals surface area contributed by atoms with Crippen LogP contribution in [-0.2, 0) is 4.43 Å². The third-order valence-electron chi connectivity index (χ3n) is 4.99. The lowest BCUT2D eigenvalue weighted by atomic mass is 10.1. The Morgan fingerprint density at radius 2 is 1.42 bits per heavy atom. The van der Waals surface area contributed by atoms with E-state index in [-0.39, 0.29) is 11.1 Å². The van der Waals surface area contributed by atoms with Crippen LogP contribution < -0.4 is 10.4 Å². The summed E-state index contributed by atoms with van der Waals surface area (Å²) >= 11 is 0. The van der Waals surface area contributed by atoms with Gasteiger partial charge < -0.3 is 4.43 Å². The zero-order valence-corrected chi connectivity index (χ0v) is 17.7. The van der Waals surface area contributed by atoms with Gasteiger partial charge in [0, 0.05) is 0 Å². The van der Waals surface area contributed by atoms with E-state index >= 15 is 0 Å². The molecule has 0 bridgehead atoms. The predicted molar refractivity (Wildman–Crippen MR) is 115 cm³/mol. The fourth-order valence-corrected chi connectivity index (χ4v) is 8.29. The zero-order chi connectivity index (χ0) is 19.0. The minimum absolute atomic E-state index is 0.0322. The summed E-state index contributed by atoms with van der Waals surface area (Å²) in [4.78, 5) is 0. The number of unbranched alkanes of at least 4 members (excludes halogenated alkanes) is 2. The van der Waals surface area contributed by atoms with Gasteiger partial charge in [0.1, 0.15) is 6.10 Å². The van der Waals surface area contributed by atoms with Crippen molar-refractivity contribution in [3.05, 3.63) is 60.7 Å². The van der Waals surface area contributed by atoms with Crippen LogP contribution in [-0.4, -0.2) is 14.4 Å². The van der Waals surface area contributed by atoms with Gasteiger partial charge in [0.25, 0.3) is 8.32 Å². The molecular formula is C24H32OSi. The number of benzene rings is 2. The van der Waals surface area contributed by atoms with Gasteiger partial charge in [0.2, 0.25) is 0 Å². The van der Waals surface area contributed by atoms with Crippen LogP contribution in [0.15, 0.2) is 60.7 Å². The summed E-state index contributed by atoms with van der Waals surface area (Å²) in [5.41, 5.74) is 0. The highest BCUT2D eigenvalue weighted by molar-refractivity contribution is 6.99. The molecular weight excluding hydrogens is 332 g/mol. The lowest BCUT2D eigenvalue weighted by molar-refractivity contribution is 0.227. The summed E-state index contributed by atoms with van der Waals surface area (Å²) in [5.74, 6) is 2.94. The molecule has 0 aromatic heterocycles. The molecule has 1 atom stereocenters. The minimum Gasteiger partial charge on any atom is -0.394 e. The van der Waals surface area contributed by atoms with E-state index in [1.807, 2.05) is 0 Å². The summed E-state index contributed by atoms with van der Waals surface area (Å²) in [6.45, 7) is 9.09. The maximum Gasteiger partial charge on any atom is 0.262 e. The molecule has 0 radical (unpaired) electrons. The maximum atomic E-state index is 6.97. The van der Waals surface area contributed by atoms with E-state index in [1.165, 1.54) is 23.2 Å². The van der Waals surface area contributed by atoms with Gasteiger partial charge in [-0.25, -0.2) is 0 Å². The zero-order valence-electron chi connectivity index (χ0n) is 16.7. The van der Waals surface area contributed by atoms with E-state index in [1.54, 1.807) is 0 Å². The molecule has 2 aromatic carbocycles. The Morgan fingerprint density at radius 3 is 1.81 bits per heavy atom. The first kappa shape index (κ1) is 20.5. The van der Waals surface area contributed by atoms with Crippen molar-refractivity contribution in [3.8, 4) is 12.3 Å². The average Bonchev–Trinajstić information content (AvgIpc) is 2.65.